The van der Waals surface area contributed by atoms with Crippen molar-refractivity contribution in [1.82, 2.24) is 5.32 Å². The topological polar surface area (TPSA) is 50.7 Å². The third kappa shape index (κ3) is 3.86. The van der Waals surface area contributed by atoms with Gasteiger partial charge in [0.2, 0.25) is 0 Å². The second-order valence-electron chi connectivity index (χ2n) is 4.32. The van der Waals surface area contributed by atoms with E-state index in [0.717, 1.165) is 10.0 Å². The molecule has 0 aliphatic carbocycles. The fraction of sp³-hybridized carbons (Fsp3) is 0.538. The van der Waals surface area contributed by atoms with E-state index in [9.17, 15) is 5.11 Å². The summed E-state index contributed by atoms with van der Waals surface area (Å²) in [5, 5.41) is 13.3. The maximum atomic E-state index is 10.1. The van der Waals surface area contributed by atoms with Crippen molar-refractivity contribution in [1.29, 1.82) is 0 Å². The third-order valence-electron chi connectivity index (χ3n) is 2.56. The van der Waals surface area contributed by atoms with Crippen LogP contribution in [-0.2, 0) is 0 Å². The molecule has 0 aliphatic heterocycles. The van der Waals surface area contributed by atoms with Crippen molar-refractivity contribution in [3.8, 4) is 11.5 Å². The number of nitrogens with one attached hydrogen (secondary N) is 1. The minimum absolute atomic E-state index is 0.336. The largest absolute Gasteiger partial charge is 0.493 e. The second-order valence-corrected chi connectivity index (χ2v) is 5.17. The molecule has 4 nitrogen and oxygen atoms in total. The smallest absolute Gasteiger partial charge is 0.174 e. The third-order valence-corrected chi connectivity index (χ3v) is 3.15. The van der Waals surface area contributed by atoms with Crippen LogP contribution in [0.15, 0.2) is 16.6 Å². The van der Waals surface area contributed by atoms with Crippen LogP contribution in [0.4, 0.5) is 0 Å². The van der Waals surface area contributed by atoms with E-state index < -0.39 is 6.10 Å². The van der Waals surface area contributed by atoms with Gasteiger partial charge in [-0.15, -0.1) is 0 Å². The molecule has 0 saturated carbocycles. The number of halogens is 1. The molecular formula is C13H20BrNO3. The van der Waals surface area contributed by atoms with Crippen LogP contribution in [0.5, 0.6) is 11.5 Å². The van der Waals surface area contributed by atoms with Gasteiger partial charge in [0.05, 0.1) is 24.8 Å². The zero-order valence-corrected chi connectivity index (χ0v) is 12.7. The van der Waals surface area contributed by atoms with Gasteiger partial charge in [-0.3, -0.25) is 0 Å². The summed E-state index contributed by atoms with van der Waals surface area (Å²) in [5.74, 6) is 1.23. The zero-order valence-electron chi connectivity index (χ0n) is 11.2. The van der Waals surface area contributed by atoms with Gasteiger partial charge in [-0.25, -0.2) is 0 Å². The van der Waals surface area contributed by atoms with E-state index in [2.05, 4.69) is 21.2 Å². The average Bonchev–Trinajstić information content (AvgIpc) is 2.34. The maximum absolute atomic E-state index is 10.1. The molecule has 5 heteroatoms. The molecule has 2 N–H and O–H groups in total. The number of methoxy groups -OCH3 is 2. The lowest BCUT2D eigenvalue weighted by Gasteiger charge is -2.17. The van der Waals surface area contributed by atoms with E-state index in [-0.39, 0.29) is 0 Å². The van der Waals surface area contributed by atoms with Crippen LogP contribution >= 0.6 is 15.9 Å². The van der Waals surface area contributed by atoms with Crippen LogP contribution in [0.2, 0.25) is 0 Å². The van der Waals surface area contributed by atoms with Gasteiger partial charge in [-0.2, -0.15) is 0 Å². The quantitative estimate of drug-likeness (QED) is 0.846. The highest BCUT2D eigenvalue weighted by atomic mass is 79.9. The van der Waals surface area contributed by atoms with E-state index in [1.165, 1.54) is 0 Å². The summed E-state index contributed by atoms with van der Waals surface area (Å²) < 4.78 is 11.2. The Bertz CT molecular complexity index is 396. The molecule has 0 fully saturated rings. The van der Waals surface area contributed by atoms with Crippen molar-refractivity contribution in [2.45, 2.75) is 26.0 Å². The van der Waals surface area contributed by atoms with Crippen molar-refractivity contribution in [2.75, 3.05) is 20.8 Å². The Morgan fingerprint density at radius 3 is 2.44 bits per heavy atom. The number of hydrogen-bond donors (Lipinski definition) is 2. The van der Waals surface area contributed by atoms with Gasteiger partial charge in [-0.05, 0) is 33.6 Å². The summed E-state index contributed by atoms with van der Waals surface area (Å²) in [6.07, 6.45) is -0.580. The van der Waals surface area contributed by atoms with E-state index >= 15 is 0 Å². The summed E-state index contributed by atoms with van der Waals surface area (Å²) in [6, 6.07) is 3.97. The summed E-state index contributed by atoms with van der Waals surface area (Å²) in [5.41, 5.74) is 0.785. The fourth-order valence-electron chi connectivity index (χ4n) is 1.60. The highest BCUT2D eigenvalue weighted by Crippen LogP contribution is 2.37. The Hall–Kier alpha value is -0.780. The average molecular weight is 318 g/mol. The molecule has 0 heterocycles. The standard InChI is InChI=1S/C13H20BrNO3/c1-8(2)15-7-11(16)9-5-10(14)13(18-4)12(6-9)17-3/h5-6,8,11,15-16H,7H2,1-4H3. The van der Waals surface area contributed by atoms with Crippen LogP contribution < -0.4 is 14.8 Å². The van der Waals surface area contributed by atoms with Crippen molar-refractivity contribution in [3.05, 3.63) is 22.2 Å². The molecule has 0 bridgehead atoms. The first-order valence-electron chi connectivity index (χ1n) is 5.82. The summed E-state index contributed by atoms with van der Waals surface area (Å²) in [7, 11) is 3.16. The molecule has 102 valence electrons. The van der Waals surface area contributed by atoms with Crippen molar-refractivity contribution in [2.24, 2.45) is 0 Å². The molecule has 1 aromatic carbocycles. The van der Waals surface area contributed by atoms with Crippen LogP contribution in [-0.4, -0.2) is 31.9 Å². The second kappa shape index (κ2) is 6.97. The van der Waals surface area contributed by atoms with Crippen molar-refractivity contribution >= 4 is 15.9 Å². The van der Waals surface area contributed by atoms with Gasteiger partial charge in [0.1, 0.15) is 0 Å². The minimum Gasteiger partial charge on any atom is -0.493 e. The first-order chi connectivity index (χ1) is 8.49. The zero-order chi connectivity index (χ0) is 13.7. The summed E-state index contributed by atoms with van der Waals surface area (Å²) in [4.78, 5) is 0. The van der Waals surface area contributed by atoms with Crippen molar-refractivity contribution in [3.63, 3.8) is 0 Å². The van der Waals surface area contributed by atoms with E-state index in [4.69, 9.17) is 9.47 Å². The summed E-state index contributed by atoms with van der Waals surface area (Å²) in [6.45, 7) is 4.58. The Kier molecular flexibility index (Phi) is 5.91. The van der Waals surface area contributed by atoms with Gasteiger partial charge in [0, 0.05) is 12.6 Å². The van der Waals surface area contributed by atoms with Crippen LogP contribution in [0.25, 0.3) is 0 Å². The minimum atomic E-state index is -0.580. The molecule has 0 aliphatic rings. The van der Waals surface area contributed by atoms with Crippen LogP contribution in [0, 0.1) is 0 Å². The first kappa shape index (κ1) is 15.3. The molecule has 1 rings (SSSR count). The lowest BCUT2D eigenvalue weighted by atomic mass is 10.1. The van der Waals surface area contributed by atoms with Gasteiger partial charge in [-0.1, -0.05) is 13.8 Å². The fourth-order valence-corrected chi connectivity index (χ4v) is 2.22. The van der Waals surface area contributed by atoms with E-state index in [1.54, 1.807) is 20.3 Å². The van der Waals surface area contributed by atoms with Gasteiger partial charge in [0.25, 0.3) is 0 Å². The Morgan fingerprint density at radius 2 is 1.94 bits per heavy atom. The number of rotatable bonds is 6. The number of aliphatic hydroxyl groups is 1. The highest BCUT2D eigenvalue weighted by Gasteiger charge is 2.15. The molecule has 1 unspecified atom stereocenters. The van der Waals surface area contributed by atoms with E-state index in [1.807, 2.05) is 19.9 Å². The molecule has 0 amide bonds. The predicted molar refractivity (Wildman–Crippen MR) is 75.3 cm³/mol. The summed E-state index contributed by atoms with van der Waals surface area (Å²) >= 11 is 3.41. The van der Waals surface area contributed by atoms with Gasteiger partial charge in [0.15, 0.2) is 11.5 Å². The van der Waals surface area contributed by atoms with Crippen LogP contribution in [0.3, 0.4) is 0 Å². The molecule has 0 aromatic heterocycles. The van der Waals surface area contributed by atoms with Gasteiger partial charge >= 0.3 is 0 Å². The molecule has 18 heavy (non-hydrogen) atoms. The molecule has 1 atom stereocenters. The lowest BCUT2D eigenvalue weighted by Crippen LogP contribution is -2.27. The maximum Gasteiger partial charge on any atom is 0.174 e. The van der Waals surface area contributed by atoms with Crippen molar-refractivity contribution < 1.29 is 14.6 Å². The lowest BCUT2D eigenvalue weighted by molar-refractivity contribution is 0.171. The SMILES string of the molecule is COc1cc(C(O)CNC(C)C)cc(Br)c1OC. The Labute approximate surface area is 116 Å². The van der Waals surface area contributed by atoms with E-state index in [0.29, 0.717) is 24.1 Å². The number of aliphatic hydroxyl groups excluding tert-OH is 1. The monoisotopic (exact) mass is 317 g/mol. The Balaban J connectivity index is 2.93. The molecular weight excluding hydrogens is 298 g/mol. The number of benzene rings is 1. The molecule has 0 spiro atoms. The predicted octanol–water partition coefficient (Wildman–Crippen LogP) is 2.50. The highest BCUT2D eigenvalue weighted by molar-refractivity contribution is 9.10. The van der Waals surface area contributed by atoms with Gasteiger partial charge < -0.3 is 19.9 Å². The Morgan fingerprint density at radius 1 is 1.28 bits per heavy atom. The number of ether oxygens (including phenoxy) is 2. The normalized spacial score (nSPS) is 12.6. The molecule has 0 saturated heterocycles. The number of hydrogen-bond acceptors (Lipinski definition) is 4. The molecule has 0 radical (unpaired) electrons. The van der Waals surface area contributed by atoms with Crippen LogP contribution in [0.1, 0.15) is 25.5 Å². The molecule has 1 aromatic rings. The first-order valence-corrected chi connectivity index (χ1v) is 6.61.